The maximum absolute atomic E-state index is 9.98. The van der Waals surface area contributed by atoms with Gasteiger partial charge in [0.05, 0.1) is 85.9 Å². The lowest BCUT2D eigenvalue weighted by Crippen LogP contribution is -2.59. The highest BCUT2D eigenvalue weighted by Crippen LogP contribution is 2.22. The molecule has 18 heteroatoms. The summed E-state index contributed by atoms with van der Waals surface area (Å²) in [4.78, 5) is 2.64. The Morgan fingerprint density at radius 1 is 0.612 bits per heavy atom. The van der Waals surface area contributed by atoms with Crippen LogP contribution in [0.5, 0.6) is 0 Å². The Kier molecular flexibility index (Phi) is 31.3. The number of hydrogen-bond acceptors (Lipinski definition) is 14. The van der Waals surface area contributed by atoms with Gasteiger partial charge < -0.3 is 69.0 Å². The molecule has 0 aliphatic carbocycles. The quantitative estimate of drug-likeness (QED) is 0.0177. The van der Waals surface area contributed by atoms with Crippen molar-refractivity contribution < 1.29 is 58.3 Å². The summed E-state index contributed by atoms with van der Waals surface area (Å²) in [7, 11) is 0. The lowest BCUT2D eigenvalue weighted by Gasteiger charge is -2.39. The number of aliphatic hydroxyl groups is 4. The van der Waals surface area contributed by atoms with Gasteiger partial charge in [-0.1, -0.05) is 43.6 Å². The fraction of sp³-hybridized carbons (Fsp3) is 0.968. The molecule has 49 heavy (non-hydrogen) atoms. The van der Waals surface area contributed by atoms with Crippen molar-refractivity contribution in [1.82, 2.24) is 10.6 Å². The maximum atomic E-state index is 9.98. The Morgan fingerprint density at radius 3 is 1.61 bits per heavy atom. The zero-order valence-corrected chi connectivity index (χ0v) is 29.7. The Balaban J connectivity index is 1.74. The van der Waals surface area contributed by atoms with Crippen LogP contribution in [0.3, 0.4) is 0 Å². The van der Waals surface area contributed by atoms with Crippen LogP contribution in [0.1, 0.15) is 51.4 Å². The largest absolute Gasteiger partial charge is 0.394 e. The SMILES string of the molecule is [N-]=[N+]=NCCOCCOCCOCCOCCOCCOCCNC(=S)NCCCCCCCCCCO[C@H]1O[C@H](CO)[C@@H](O)[C@H](O)[C@@H]1O. The number of ether oxygens (including phenoxy) is 8. The van der Waals surface area contributed by atoms with E-state index in [1.54, 1.807) is 0 Å². The van der Waals surface area contributed by atoms with Crippen LogP contribution in [0, 0.1) is 0 Å². The molecule has 6 N–H and O–H groups in total. The number of aliphatic hydroxyl groups excluding tert-OH is 4. The molecule has 1 rings (SSSR count). The molecule has 0 unspecified atom stereocenters. The lowest BCUT2D eigenvalue weighted by molar-refractivity contribution is -0.301. The summed E-state index contributed by atoms with van der Waals surface area (Å²) in [5.74, 6) is 0. The minimum atomic E-state index is -1.41. The van der Waals surface area contributed by atoms with Crippen molar-refractivity contribution in [2.24, 2.45) is 5.11 Å². The van der Waals surface area contributed by atoms with E-state index < -0.39 is 37.3 Å². The number of nitrogens with one attached hydrogen (secondary N) is 2. The normalized spacial score (nSPS) is 20.6. The van der Waals surface area contributed by atoms with E-state index in [0.29, 0.717) is 104 Å². The second-order valence-corrected chi connectivity index (χ2v) is 11.6. The van der Waals surface area contributed by atoms with E-state index in [1.807, 2.05) is 0 Å². The molecule has 5 atom stereocenters. The number of nitrogens with zero attached hydrogens (tertiary/aromatic N) is 3. The van der Waals surface area contributed by atoms with Crippen molar-refractivity contribution in [2.75, 3.05) is 112 Å². The van der Waals surface area contributed by atoms with Crippen LogP contribution in [0.4, 0.5) is 0 Å². The molecule has 1 fully saturated rings. The van der Waals surface area contributed by atoms with Crippen LogP contribution in [-0.4, -0.2) is 168 Å². The van der Waals surface area contributed by atoms with Crippen LogP contribution in [0.15, 0.2) is 5.11 Å². The van der Waals surface area contributed by atoms with E-state index in [9.17, 15) is 20.4 Å². The monoisotopic (exact) mass is 727 g/mol. The zero-order valence-electron chi connectivity index (χ0n) is 28.9. The molecule has 1 saturated heterocycles. The fourth-order valence-corrected chi connectivity index (χ4v) is 4.75. The van der Waals surface area contributed by atoms with Crippen molar-refractivity contribution in [2.45, 2.75) is 82.1 Å². The molecule has 1 heterocycles. The van der Waals surface area contributed by atoms with Gasteiger partial charge in [0.2, 0.25) is 0 Å². The van der Waals surface area contributed by atoms with Crippen molar-refractivity contribution in [3.63, 3.8) is 0 Å². The Labute approximate surface area is 295 Å². The number of hydrogen-bond donors (Lipinski definition) is 6. The summed E-state index contributed by atoms with van der Waals surface area (Å²) in [6.07, 6.45) is 2.40. The van der Waals surface area contributed by atoms with Crippen molar-refractivity contribution >= 4 is 17.3 Å². The topological polar surface area (TPSA) is 228 Å². The molecule has 1 aliphatic heterocycles. The first kappa shape index (κ1) is 45.5. The molecule has 0 aromatic carbocycles. The molecule has 1 aliphatic rings. The maximum Gasteiger partial charge on any atom is 0.186 e. The number of rotatable bonds is 34. The van der Waals surface area contributed by atoms with Gasteiger partial charge in [-0.15, -0.1) is 0 Å². The smallest absolute Gasteiger partial charge is 0.186 e. The van der Waals surface area contributed by atoms with E-state index in [0.717, 1.165) is 57.9 Å². The first-order valence-corrected chi connectivity index (χ1v) is 17.8. The van der Waals surface area contributed by atoms with Gasteiger partial charge >= 0.3 is 0 Å². The van der Waals surface area contributed by atoms with Gasteiger partial charge in [0.25, 0.3) is 0 Å². The summed E-state index contributed by atoms with van der Waals surface area (Å²) >= 11 is 5.31. The van der Waals surface area contributed by atoms with Crippen molar-refractivity contribution in [1.29, 1.82) is 0 Å². The average molecular weight is 728 g/mol. The minimum absolute atomic E-state index is 0.322. The first-order valence-electron chi connectivity index (χ1n) is 17.4. The molecule has 0 aromatic heterocycles. The Hall–Kier alpha value is -1.48. The van der Waals surface area contributed by atoms with Gasteiger partial charge in [-0.3, -0.25) is 0 Å². The number of thiocarbonyl (C=S) groups is 1. The van der Waals surface area contributed by atoms with E-state index >= 15 is 0 Å². The van der Waals surface area contributed by atoms with Crippen LogP contribution < -0.4 is 10.6 Å². The number of azide groups is 1. The van der Waals surface area contributed by atoms with Crippen LogP contribution in [0.2, 0.25) is 0 Å². The molecular formula is C31H61N5O12S. The highest BCUT2D eigenvalue weighted by atomic mass is 32.1. The molecular weight excluding hydrogens is 666 g/mol. The summed E-state index contributed by atoms with van der Waals surface area (Å²) in [5.41, 5.74) is 8.14. The summed E-state index contributed by atoms with van der Waals surface area (Å²) in [6.45, 7) is 7.45. The molecule has 0 amide bonds. The first-order chi connectivity index (χ1) is 24.0. The predicted octanol–water partition coefficient (Wildman–Crippen LogP) is 0.798. The third-order valence-electron chi connectivity index (χ3n) is 7.28. The third kappa shape index (κ3) is 26.0. The molecule has 0 aromatic rings. The van der Waals surface area contributed by atoms with Gasteiger partial charge in [0, 0.05) is 31.2 Å². The predicted molar refractivity (Wildman–Crippen MR) is 184 cm³/mol. The van der Waals surface area contributed by atoms with E-state index in [-0.39, 0.29) is 0 Å². The minimum Gasteiger partial charge on any atom is -0.394 e. The summed E-state index contributed by atoms with van der Waals surface area (Å²) < 4.78 is 43.4. The van der Waals surface area contributed by atoms with Gasteiger partial charge in [-0.05, 0) is 30.6 Å². The van der Waals surface area contributed by atoms with Crippen molar-refractivity contribution in [3.8, 4) is 0 Å². The highest BCUT2D eigenvalue weighted by Gasteiger charge is 2.43. The lowest BCUT2D eigenvalue weighted by atomic mass is 9.99. The second kappa shape index (κ2) is 33.7. The summed E-state index contributed by atoms with van der Waals surface area (Å²) in [5, 5.41) is 49.2. The third-order valence-corrected chi connectivity index (χ3v) is 7.57. The Bertz CT molecular complexity index is 819. The molecule has 288 valence electrons. The molecule has 0 bridgehead atoms. The van der Waals surface area contributed by atoms with E-state index in [2.05, 4.69) is 20.7 Å². The molecule has 17 nitrogen and oxygen atoms in total. The zero-order chi connectivity index (χ0) is 35.6. The van der Waals surface area contributed by atoms with Crippen LogP contribution in [0.25, 0.3) is 10.4 Å². The molecule has 0 saturated carbocycles. The standard InChI is InChI=1S/C31H61N5O12S/c32-36-35-11-14-42-16-18-44-20-22-46-24-23-45-21-19-43-17-15-41-13-10-34-31(49)33-9-7-5-3-1-2-4-6-8-12-47-30-29(40)28(39)27(38)26(25-37)48-30/h26-30,37-40H,1-25H2,(H2,33,34,49)/t26-,27-,28+,29+,30+/m1/s1. The van der Waals surface area contributed by atoms with E-state index in [4.69, 9.17) is 55.6 Å². The second-order valence-electron chi connectivity index (χ2n) is 11.2. The van der Waals surface area contributed by atoms with Gasteiger partial charge in [0.15, 0.2) is 11.4 Å². The van der Waals surface area contributed by atoms with Crippen LogP contribution >= 0.6 is 12.2 Å². The van der Waals surface area contributed by atoms with Gasteiger partial charge in [0.1, 0.15) is 24.4 Å². The van der Waals surface area contributed by atoms with E-state index in [1.165, 1.54) is 0 Å². The highest BCUT2D eigenvalue weighted by molar-refractivity contribution is 7.80. The Morgan fingerprint density at radius 2 is 1.08 bits per heavy atom. The summed E-state index contributed by atoms with van der Waals surface area (Å²) in [6, 6.07) is 0. The number of unbranched alkanes of at least 4 members (excludes halogenated alkanes) is 7. The molecule has 0 radical (unpaired) electrons. The average Bonchev–Trinajstić information content (AvgIpc) is 3.10. The van der Waals surface area contributed by atoms with Gasteiger partial charge in [-0.25, -0.2) is 0 Å². The van der Waals surface area contributed by atoms with Crippen molar-refractivity contribution in [3.05, 3.63) is 10.4 Å². The fourth-order valence-electron chi connectivity index (χ4n) is 4.55. The molecule has 0 spiro atoms. The van der Waals surface area contributed by atoms with Gasteiger partial charge in [-0.2, -0.15) is 0 Å². The van der Waals surface area contributed by atoms with Crippen LogP contribution in [-0.2, 0) is 37.9 Å².